The topological polar surface area (TPSA) is 109 Å². The van der Waals surface area contributed by atoms with Gasteiger partial charge in [0.2, 0.25) is 11.8 Å². The van der Waals surface area contributed by atoms with Crippen molar-refractivity contribution in [2.45, 2.75) is 37.4 Å². The van der Waals surface area contributed by atoms with E-state index in [1.165, 1.54) is 4.31 Å². The zero-order valence-electron chi connectivity index (χ0n) is 21.6. The molecule has 1 N–H and O–H groups in total. The van der Waals surface area contributed by atoms with Gasteiger partial charge in [0.05, 0.1) is 6.26 Å². The monoisotopic (exact) mass is 547 g/mol. The Labute approximate surface area is 229 Å². The van der Waals surface area contributed by atoms with Crippen LogP contribution in [0.3, 0.4) is 0 Å². The van der Waals surface area contributed by atoms with Gasteiger partial charge in [-0.05, 0) is 60.6 Å². The summed E-state index contributed by atoms with van der Waals surface area (Å²) in [6, 6.07) is 16.4. The number of benzene rings is 2. The van der Waals surface area contributed by atoms with Gasteiger partial charge in [-0.3, -0.25) is 19.1 Å². The molecule has 1 saturated carbocycles. The van der Waals surface area contributed by atoms with E-state index in [1.807, 2.05) is 28.0 Å². The number of hydrogen-bond acceptors (Lipinski definition) is 6. The van der Waals surface area contributed by atoms with Crippen LogP contribution in [0.5, 0.6) is 0 Å². The first-order valence-electron chi connectivity index (χ1n) is 13.7. The van der Waals surface area contributed by atoms with Crippen LogP contribution in [-0.4, -0.2) is 72.9 Å². The summed E-state index contributed by atoms with van der Waals surface area (Å²) >= 11 is -2.28. The van der Waals surface area contributed by atoms with Gasteiger partial charge in [-0.15, -0.1) is 0 Å². The van der Waals surface area contributed by atoms with Crippen molar-refractivity contribution < 1.29 is 22.8 Å². The minimum absolute atomic E-state index is 0.0327. The summed E-state index contributed by atoms with van der Waals surface area (Å²) in [5.74, 6) is 0.741. The SMILES string of the molecule is O=C(C1CC1)N1CC(CN2C(=O)C3(CCN(S(=O)[O-])CC3)NC2c2ccc(-c3ccc4occc4c3)cc2)C1. The Morgan fingerprint density at radius 2 is 1.77 bits per heavy atom. The van der Waals surface area contributed by atoms with E-state index >= 15 is 0 Å². The molecule has 0 bridgehead atoms. The van der Waals surface area contributed by atoms with Gasteiger partial charge in [0, 0.05) is 61.2 Å². The van der Waals surface area contributed by atoms with E-state index in [9.17, 15) is 18.4 Å². The fraction of sp³-hybridized carbons (Fsp3) is 0.448. The number of nitrogens with one attached hydrogen (secondary N) is 1. The van der Waals surface area contributed by atoms with Crippen molar-refractivity contribution in [1.29, 1.82) is 0 Å². The molecule has 2 unspecified atom stereocenters. The van der Waals surface area contributed by atoms with Crippen LogP contribution in [0.25, 0.3) is 22.1 Å². The van der Waals surface area contributed by atoms with Crippen LogP contribution in [0.15, 0.2) is 59.2 Å². The van der Waals surface area contributed by atoms with Crippen molar-refractivity contribution in [3.63, 3.8) is 0 Å². The number of carbonyl (C=O) groups is 2. The van der Waals surface area contributed by atoms with E-state index in [-0.39, 0.29) is 29.8 Å². The summed E-state index contributed by atoms with van der Waals surface area (Å²) in [6.45, 7) is 2.59. The zero-order chi connectivity index (χ0) is 26.7. The summed E-state index contributed by atoms with van der Waals surface area (Å²) < 4.78 is 29.8. The Morgan fingerprint density at radius 3 is 2.46 bits per heavy atom. The van der Waals surface area contributed by atoms with Crippen LogP contribution in [-0.2, 0) is 20.9 Å². The van der Waals surface area contributed by atoms with Gasteiger partial charge in [0.1, 0.15) is 17.3 Å². The maximum atomic E-state index is 13.9. The van der Waals surface area contributed by atoms with E-state index in [0.29, 0.717) is 45.6 Å². The number of nitrogens with zero attached hydrogens (tertiary/aromatic N) is 3. The average Bonchev–Trinajstić information content (AvgIpc) is 3.62. The largest absolute Gasteiger partial charge is 0.760 e. The summed E-state index contributed by atoms with van der Waals surface area (Å²) in [5, 5.41) is 4.68. The number of piperidine rings is 1. The highest BCUT2D eigenvalue weighted by molar-refractivity contribution is 7.76. The molecule has 39 heavy (non-hydrogen) atoms. The second kappa shape index (κ2) is 9.55. The van der Waals surface area contributed by atoms with Crippen LogP contribution in [0.4, 0.5) is 0 Å². The maximum absolute atomic E-state index is 13.9. The first-order valence-corrected chi connectivity index (χ1v) is 14.7. The second-order valence-corrected chi connectivity index (χ2v) is 12.4. The molecule has 1 spiro atoms. The van der Waals surface area contributed by atoms with Crippen LogP contribution < -0.4 is 5.32 Å². The fourth-order valence-corrected chi connectivity index (χ4v) is 6.84. The third-order valence-corrected chi connectivity index (χ3v) is 9.63. The molecule has 3 aliphatic heterocycles. The molecule has 3 saturated heterocycles. The van der Waals surface area contributed by atoms with Gasteiger partial charge < -0.3 is 18.8 Å². The standard InChI is InChI=1S/C29H32N4O5S/c34-27(22-5-6-22)31-16-19(17-31)18-33-26(30-29(28(33)35)10-12-32(13-11-29)39(36)37)21-3-1-20(2-4-21)23-7-8-25-24(15-23)9-14-38-25/h1-4,7-9,14-15,19,22,26,30H,5-6,10-13,16-18H2,(H,36,37)/p-1. The van der Waals surface area contributed by atoms with Gasteiger partial charge in [-0.25, -0.2) is 4.31 Å². The molecule has 0 radical (unpaired) electrons. The molecule has 4 aliphatic rings. The average molecular weight is 548 g/mol. The van der Waals surface area contributed by atoms with Crippen LogP contribution in [0.2, 0.25) is 0 Å². The van der Waals surface area contributed by atoms with Crippen molar-refractivity contribution in [2.24, 2.45) is 11.8 Å². The molecule has 4 heterocycles. The first kappa shape index (κ1) is 25.0. The summed E-state index contributed by atoms with van der Waals surface area (Å²) in [5.41, 5.74) is 3.23. The highest BCUT2D eigenvalue weighted by Crippen LogP contribution is 2.40. The highest BCUT2D eigenvalue weighted by atomic mass is 32.2. The van der Waals surface area contributed by atoms with Crippen LogP contribution in [0, 0.1) is 11.8 Å². The molecule has 10 heteroatoms. The fourth-order valence-electron chi connectivity index (χ4n) is 6.36. The lowest BCUT2D eigenvalue weighted by Crippen LogP contribution is -2.56. The van der Waals surface area contributed by atoms with Crippen molar-refractivity contribution >= 4 is 34.1 Å². The van der Waals surface area contributed by atoms with Gasteiger partial charge in [-0.1, -0.05) is 30.3 Å². The highest BCUT2D eigenvalue weighted by Gasteiger charge is 2.53. The maximum Gasteiger partial charge on any atom is 0.244 e. The van der Waals surface area contributed by atoms with Gasteiger partial charge in [0.15, 0.2) is 0 Å². The number of likely N-dealkylation sites (tertiary alicyclic amines) is 1. The molecule has 9 nitrogen and oxygen atoms in total. The van der Waals surface area contributed by atoms with Crippen molar-refractivity contribution in [2.75, 3.05) is 32.7 Å². The molecule has 7 rings (SSSR count). The minimum atomic E-state index is -2.28. The van der Waals surface area contributed by atoms with E-state index in [1.54, 1.807) is 6.26 Å². The molecular weight excluding hydrogens is 516 g/mol. The Morgan fingerprint density at radius 1 is 1.05 bits per heavy atom. The summed E-state index contributed by atoms with van der Waals surface area (Å²) in [4.78, 5) is 30.2. The second-order valence-electron chi connectivity index (χ2n) is 11.4. The van der Waals surface area contributed by atoms with Crippen molar-refractivity contribution in [3.8, 4) is 11.1 Å². The molecule has 1 aromatic heterocycles. The number of carbonyl (C=O) groups excluding carboxylic acids is 2. The number of hydrogen-bond donors (Lipinski definition) is 1. The number of furan rings is 1. The zero-order valence-corrected chi connectivity index (χ0v) is 22.4. The molecule has 2 atom stereocenters. The van der Waals surface area contributed by atoms with Crippen LogP contribution in [0.1, 0.15) is 37.4 Å². The molecule has 204 valence electrons. The van der Waals surface area contributed by atoms with E-state index in [2.05, 4.69) is 35.6 Å². The Kier molecular flexibility index (Phi) is 6.11. The quantitative estimate of drug-likeness (QED) is 0.475. The van der Waals surface area contributed by atoms with Crippen molar-refractivity contribution in [3.05, 3.63) is 60.4 Å². The third-order valence-electron chi connectivity index (χ3n) is 8.84. The molecule has 2 amide bonds. The minimum Gasteiger partial charge on any atom is -0.760 e. The Hall–Kier alpha value is -3.05. The lowest BCUT2D eigenvalue weighted by Gasteiger charge is -2.42. The molecule has 4 fully saturated rings. The lowest BCUT2D eigenvalue weighted by molar-refractivity contribution is -0.141. The molecular formula is C29H31N4O5S-. The number of rotatable bonds is 6. The van der Waals surface area contributed by atoms with Crippen molar-refractivity contribution in [1.82, 2.24) is 19.4 Å². The first-order chi connectivity index (χ1) is 18.9. The molecule has 1 aliphatic carbocycles. The molecule has 2 aromatic carbocycles. The lowest BCUT2D eigenvalue weighted by atomic mass is 9.88. The van der Waals surface area contributed by atoms with E-state index < -0.39 is 16.8 Å². The smallest absolute Gasteiger partial charge is 0.244 e. The Bertz CT molecular complexity index is 1440. The number of amides is 2. The number of fused-ring (bicyclic) bond motifs is 1. The van der Waals surface area contributed by atoms with E-state index in [4.69, 9.17) is 4.42 Å². The predicted octanol–water partition coefficient (Wildman–Crippen LogP) is 3.03. The normalized spacial score (nSPS) is 24.4. The summed E-state index contributed by atoms with van der Waals surface area (Å²) in [7, 11) is 0. The van der Waals surface area contributed by atoms with Gasteiger partial charge in [0.25, 0.3) is 0 Å². The third kappa shape index (κ3) is 4.49. The predicted molar refractivity (Wildman–Crippen MR) is 144 cm³/mol. The van der Waals surface area contributed by atoms with Gasteiger partial charge in [-0.2, -0.15) is 0 Å². The molecule has 3 aromatic rings. The van der Waals surface area contributed by atoms with Crippen LogP contribution >= 0.6 is 0 Å². The van der Waals surface area contributed by atoms with E-state index in [0.717, 1.165) is 40.5 Å². The van der Waals surface area contributed by atoms with Gasteiger partial charge >= 0.3 is 0 Å². The Balaban J connectivity index is 1.12. The summed E-state index contributed by atoms with van der Waals surface area (Å²) in [6.07, 6.45) is 4.25.